The van der Waals surface area contributed by atoms with E-state index in [2.05, 4.69) is 20.7 Å². The van der Waals surface area contributed by atoms with Crippen LogP contribution in [0.5, 0.6) is 0 Å². The Kier molecular flexibility index (Phi) is 4.37. The number of furan rings is 1. The van der Waals surface area contributed by atoms with Crippen LogP contribution in [0.4, 0.5) is 4.39 Å². The molecule has 136 valence electrons. The van der Waals surface area contributed by atoms with E-state index in [1.165, 1.54) is 16.9 Å². The summed E-state index contributed by atoms with van der Waals surface area (Å²) in [5.41, 5.74) is 1.40. The van der Waals surface area contributed by atoms with E-state index in [0.717, 1.165) is 11.0 Å². The number of fused-ring (bicyclic) bond motifs is 1. The second-order valence-electron chi connectivity index (χ2n) is 6.13. The van der Waals surface area contributed by atoms with E-state index in [-0.39, 0.29) is 24.3 Å². The van der Waals surface area contributed by atoms with Gasteiger partial charge in [0.25, 0.3) is 0 Å². The minimum atomic E-state index is -0.343. The maximum Gasteiger partial charge on any atom is 0.244 e. The molecule has 0 fully saturated rings. The zero-order chi connectivity index (χ0) is 18.8. The molecule has 0 radical (unpaired) electrons. The Morgan fingerprint density at radius 1 is 1.22 bits per heavy atom. The number of aromatic nitrogens is 4. The van der Waals surface area contributed by atoms with Gasteiger partial charge in [-0.2, -0.15) is 4.80 Å². The Morgan fingerprint density at radius 2 is 2.00 bits per heavy atom. The van der Waals surface area contributed by atoms with Gasteiger partial charge in [-0.15, -0.1) is 10.2 Å². The number of benzene rings is 2. The molecular weight excluding hydrogens is 349 g/mol. The highest BCUT2D eigenvalue weighted by Crippen LogP contribution is 2.23. The Labute approximate surface area is 153 Å². The van der Waals surface area contributed by atoms with E-state index in [0.29, 0.717) is 17.1 Å². The molecule has 0 aliphatic rings. The lowest BCUT2D eigenvalue weighted by molar-refractivity contribution is -0.122. The number of carbonyl (C=O) groups excluding carboxylic acids is 1. The molecule has 0 aliphatic heterocycles. The molecule has 8 heteroatoms. The maximum absolute atomic E-state index is 13.0. The average Bonchev–Trinajstić information content (AvgIpc) is 3.29. The summed E-state index contributed by atoms with van der Waals surface area (Å²) in [6, 6.07) is 15.0. The third kappa shape index (κ3) is 3.69. The molecule has 1 amide bonds. The second kappa shape index (κ2) is 6.99. The van der Waals surface area contributed by atoms with Crippen molar-refractivity contribution >= 4 is 16.9 Å². The lowest BCUT2D eigenvalue weighted by Gasteiger charge is -2.10. The molecule has 0 spiro atoms. The molecule has 0 saturated heterocycles. The number of amides is 1. The van der Waals surface area contributed by atoms with Crippen LogP contribution in [0.3, 0.4) is 0 Å². The summed E-state index contributed by atoms with van der Waals surface area (Å²) in [5.74, 6) is 0.382. The van der Waals surface area contributed by atoms with Crippen LogP contribution in [0.2, 0.25) is 0 Å². The second-order valence-corrected chi connectivity index (χ2v) is 6.13. The summed E-state index contributed by atoms with van der Waals surface area (Å²) in [7, 11) is 0. The van der Waals surface area contributed by atoms with Crippen molar-refractivity contribution in [1.29, 1.82) is 0 Å². The Bertz CT molecular complexity index is 1050. The molecule has 0 saturated carbocycles. The standard InChI is InChI=1S/C19H16FN5O2/c1-12(17-10-14-4-2-3-5-16(14)27-17)21-18(26)11-25-23-19(22-24-25)13-6-8-15(20)9-7-13/h2-10,12H,11H2,1H3,(H,21,26). The summed E-state index contributed by atoms with van der Waals surface area (Å²) in [4.78, 5) is 13.5. The van der Waals surface area contributed by atoms with E-state index in [1.807, 2.05) is 37.3 Å². The first-order chi connectivity index (χ1) is 13.1. The highest BCUT2D eigenvalue weighted by Gasteiger charge is 2.16. The zero-order valence-electron chi connectivity index (χ0n) is 14.5. The van der Waals surface area contributed by atoms with Crippen LogP contribution in [-0.4, -0.2) is 26.1 Å². The van der Waals surface area contributed by atoms with E-state index >= 15 is 0 Å². The number of hydrogen-bond acceptors (Lipinski definition) is 5. The third-order valence-electron chi connectivity index (χ3n) is 4.09. The lowest BCUT2D eigenvalue weighted by atomic mass is 10.2. The molecule has 7 nitrogen and oxygen atoms in total. The summed E-state index contributed by atoms with van der Waals surface area (Å²) < 4.78 is 18.7. The molecule has 27 heavy (non-hydrogen) atoms. The number of hydrogen-bond donors (Lipinski definition) is 1. The van der Waals surface area contributed by atoms with Crippen molar-refractivity contribution in [1.82, 2.24) is 25.5 Å². The number of para-hydroxylation sites is 1. The van der Waals surface area contributed by atoms with Crippen molar-refractivity contribution in [3.8, 4) is 11.4 Å². The average molecular weight is 365 g/mol. The number of halogens is 1. The molecule has 2 heterocycles. The quantitative estimate of drug-likeness (QED) is 0.587. The molecule has 1 unspecified atom stereocenters. The summed E-state index contributed by atoms with van der Waals surface area (Å²) >= 11 is 0. The van der Waals surface area contributed by atoms with Crippen molar-refractivity contribution in [2.45, 2.75) is 19.5 Å². The summed E-state index contributed by atoms with van der Waals surface area (Å²) in [6.45, 7) is 1.76. The first kappa shape index (κ1) is 16.9. The predicted octanol–water partition coefficient (Wildman–Crippen LogP) is 3.10. The van der Waals surface area contributed by atoms with Gasteiger partial charge in [0.05, 0.1) is 6.04 Å². The fourth-order valence-corrected chi connectivity index (χ4v) is 2.73. The van der Waals surface area contributed by atoms with E-state index in [1.54, 1.807) is 12.1 Å². The van der Waals surface area contributed by atoms with Gasteiger partial charge >= 0.3 is 0 Å². The Balaban J connectivity index is 1.41. The summed E-state index contributed by atoms with van der Waals surface area (Å²) in [6.07, 6.45) is 0. The van der Waals surface area contributed by atoms with Crippen LogP contribution in [0.1, 0.15) is 18.7 Å². The molecule has 4 aromatic rings. The van der Waals surface area contributed by atoms with Crippen LogP contribution in [-0.2, 0) is 11.3 Å². The smallest absolute Gasteiger partial charge is 0.244 e. The van der Waals surface area contributed by atoms with E-state index < -0.39 is 0 Å². The molecule has 4 rings (SSSR count). The van der Waals surface area contributed by atoms with E-state index in [9.17, 15) is 9.18 Å². The molecule has 0 aliphatic carbocycles. The molecule has 0 bridgehead atoms. The molecular formula is C19H16FN5O2. The molecule has 2 aromatic carbocycles. The minimum absolute atomic E-state index is 0.0846. The number of tetrazole rings is 1. The first-order valence-corrected chi connectivity index (χ1v) is 8.40. The fourth-order valence-electron chi connectivity index (χ4n) is 2.73. The SMILES string of the molecule is CC(NC(=O)Cn1nnc(-c2ccc(F)cc2)n1)c1cc2ccccc2o1. The van der Waals surface area contributed by atoms with Gasteiger partial charge in [-0.1, -0.05) is 18.2 Å². The highest BCUT2D eigenvalue weighted by molar-refractivity contribution is 5.79. The van der Waals surface area contributed by atoms with Gasteiger partial charge in [-0.05, 0) is 48.5 Å². The minimum Gasteiger partial charge on any atom is -0.459 e. The first-order valence-electron chi connectivity index (χ1n) is 8.40. The number of rotatable bonds is 5. The normalized spacial score (nSPS) is 12.2. The number of nitrogens with zero attached hydrogens (tertiary/aromatic N) is 4. The van der Waals surface area contributed by atoms with Crippen LogP contribution >= 0.6 is 0 Å². The topological polar surface area (TPSA) is 85.8 Å². The van der Waals surface area contributed by atoms with Gasteiger partial charge in [0, 0.05) is 10.9 Å². The van der Waals surface area contributed by atoms with Gasteiger partial charge < -0.3 is 9.73 Å². The largest absolute Gasteiger partial charge is 0.459 e. The predicted molar refractivity (Wildman–Crippen MR) is 96.0 cm³/mol. The van der Waals surface area contributed by atoms with Crippen LogP contribution in [0.25, 0.3) is 22.4 Å². The van der Waals surface area contributed by atoms with Crippen molar-refractivity contribution in [2.75, 3.05) is 0 Å². The van der Waals surface area contributed by atoms with Crippen molar-refractivity contribution in [3.05, 3.63) is 66.2 Å². The maximum atomic E-state index is 13.0. The van der Waals surface area contributed by atoms with Gasteiger partial charge in [0.1, 0.15) is 23.7 Å². The van der Waals surface area contributed by atoms with Gasteiger partial charge in [-0.3, -0.25) is 4.79 Å². The van der Waals surface area contributed by atoms with Crippen LogP contribution in [0, 0.1) is 5.82 Å². The van der Waals surface area contributed by atoms with Gasteiger partial charge in [0.15, 0.2) is 0 Å². The van der Waals surface area contributed by atoms with E-state index in [4.69, 9.17) is 4.42 Å². The fraction of sp³-hybridized carbons (Fsp3) is 0.158. The van der Waals surface area contributed by atoms with Gasteiger partial charge in [-0.25, -0.2) is 4.39 Å². The van der Waals surface area contributed by atoms with Crippen molar-refractivity contribution in [2.24, 2.45) is 0 Å². The van der Waals surface area contributed by atoms with Gasteiger partial charge in [0.2, 0.25) is 11.7 Å². The number of nitrogens with one attached hydrogen (secondary N) is 1. The van der Waals surface area contributed by atoms with Crippen molar-refractivity contribution < 1.29 is 13.6 Å². The highest BCUT2D eigenvalue weighted by atomic mass is 19.1. The molecule has 2 aromatic heterocycles. The zero-order valence-corrected chi connectivity index (χ0v) is 14.5. The van der Waals surface area contributed by atoms with Crippen molar-refractivity contribution in [3.63, 3.8) is 0 Å². The monoisotopic (exact) mass is 365 g/mol. The molecule has 1 N–H and O–H groups in total. The van der Waals surface area contributed by atoms with Crippen LogP contribution < -0.4 is 5.32 Å². The lowest BCUT2D eigenvalue weighted by Crippen LogP contribution is -2.30. The Hall–Kier alpha value is -3.55. The number of carbonyl (C=O) groups is 1. The molecule has 1 atom stereocenters. The van der Waals surface area contributed by atoms with Crippen LogP contribution in [0.15, 0.2) is 59.0 Å². The summed E-state index contributed by atoms with van der Waals surface area (Å²) in [5, 5.41) is 15.7. The Morgan fingerprint density at radius 3 is 2.78 bits per heavy atom. The third-order valence-corrected chi connectivity index (χ3v) is 4.09.